The molecule has 4 aliphatic rings. The van der Waals surface area contributed by atoms with Gasteiger partial charge in [0.15, 0.2) is 17.3 Å². The summed E-state index contributed by atoms with van der Waals surface area (Å²) < 4.78 is 13.1. The van der Waals surface area contributed by atoms with Crippen LogP contribution in [0.15, 0.2) is 64.3 Å². The van der Waals surface area contributed by atoms with Gasteiger partial charge >= 0.3 is 0 Å². The molecule has 0 atom stereocenters. The number of amides is 2. The number of nitrogens with one attached hydrogen (secondary N) is 1. The normalized spacial score (nSPS) is 19.2. The van der Waals surface area contributed by atoms with Crippen LogP contribution in [-0.4, -0.2) is 62.2 Å². The number of likely N-dealkylation sites (tertiary alicyclic amines) is 1. The average molecular weight is 541 g/mol. The maximum Gasteiger partial charge on any atom is 0.283 e. The van der Waals surface area contributed by atoms with Crippen molar-refractivity contribution in [1.82, 2.24) is 14.5 Å². The predicted octanol–water partition coefficient (Wildman–Crippen LogP) is 4.05. The molecule has 11 heteroatoms. The van der Waals surface area contributed by atoms with E-state index in [4.69, 9.17) is 14.9 Å². The van der Waals surface area contributed by atoms with Crippen molar-refractivity contribution in [2.45, 2.75) is 25.8 Å². The van der Waals surface area contributed by atoms with Crippen LogP contribution < -0.4 is 9.47 Å². The van der Waals surface area contributed by atoms with Crippen molar-refractivity contribution in [1.29, 1.82) is 5.41 Å². The number of carbonyl (C=O) groups is 2. The van der Waals surface area contributed by atoms with Crippen molar-refractivity contribution < 1.29 is 19.1 Å². The van der Waals surface area contributed by atoms with E-state index >= 15 is 0 Å². The fourth-order valence-corrected chi connectivity index (χ4v) is 6.10. The van der Waals surface area contributed by atoms with Gasteiger partial charge in [-0.2, -0.15) is 15.1 Å². The second-order valence-corrected chi connectivity index (χ2v) is 10.7. The zero-order valence-electron chi connectivity index (χ0n) is 20.9. The van der Waals surface area contributed by atoms with Gasteiger partial charge in [-0.25, -0.2) is 0 Å². The minimum atomic E-state index is -0.492. The highest BCUT2D eigenvalue weighted by molar-refractivity contribution is 8.27. The summed E-state index contributed by atoms with van der Waals surface area (Å²) in [6, 6.07) is 13.8. The van der Waals surface area contributed by atoms with E-state index in [2.05, 4.69) is 14.7 Å². The van der Waals surface area contributed by atoms with Gasteiger partial charge in [-0.1, -0.05) is 24.3 Å². The van der Waals surface area contributed by atoms with Gasteiger partial charge in [-0.15, -0.1) is 0 Å². The highest BCUT2D eigenvalue weighted by atomic mass is 32.2. The van der Waals surface area contributed by atoms with Gasteiger partial charge < -0.3 is 18.9 Å². The topological polar surface area (TPSA) is 113 Å². The van der Waals surface area contributed by atoms with Crippen LogP contribution in [0.4, 0.5) is 0 Å². The van der Waals surface area contributed by atoms with Crippen molar-refractivity contribution in [2.75, 3.05) is 19.9 Å². The van der Waals surface area contributed by atoms with Gasteiger partial charge in [0, 0.05) is 42.3 Å². The Bertz CT molecular complexity index is 1650. The SMILES string of the molecule is N=C1/C(=C/c2cn(Cc3ccc4c(c3)OCO4)c3ccccc23)C(=O)N=C2SC(CC(=O)N3CCCC3)=NN12. The summed E-state index contributed by atoms with van der Waals surface area (Å²) >= 11 is 1.18. The number of thioether (sulfide) groups is 1. The molecule has 7 rings (SSSR count). The number of hydrogen-bond donors (Lipinski definition) is 1. The fourth-order valence-electron chi connectivity index (χ4n) is 5.22. The molecule has 196 valence electrons. The number of hydrogen-bond acceptors (Lipinski definition) is 7. The first kappa shape index (κ1) is 23.7. The lowest BCUT2D eigenvalue weighted by molar-refractivity contribution is -0.128. The van der Waals surface area contributed by atoms with Crippen molar-refractivity contribution in [3.05, 3.63) is 65.4 Å². The van der Waals surface area contributed by atoms with E-state index < -0.39 is 5.91 Å². The molecule has 39 heavy (non-hydrogen) atoms. The third kappa shape index (κ3) is 4.28. The zero-order valence-corrected chi connectivity index (χ0v) is 21.7. The number of benzene rings is 2. The third-order valence-corrected chi connectivity index (χ3v) is 8.08. The van der Waals surface area contributed by atoms with Gasteiger partial charge in [0.1, 0.15) is 5.04 Å². The predicted molar refractivity (Wildman–Crippen MR) is 149 cm³/mol. The minimum absolute atomic E-state index is 0.0167. The van der Waals surface area contributed by atoms with E-state index in [0.717, 1.165) is 59.5 Å². The Morgan fingerprint density at radius 1 is 1.10 bits per heavy atom. The molecule has 3 aromatic rings. The van der Waals surface area contributed by atoms with E-state index in [1.54, 1.807) is 6.08 Å². The van der Waals surface area contributed by atoms with Crippen LogP contribution in [0.5, 0.6) is 11.5 Å². The highest BCUT2D eigenvalue weighted by Crippen LogP contribution is 2.34. The Morgan fingerprint density at radius 3 is 2.79 bits per heavy atom. The van der Waals surface area contributed by atoms with Gasteiger partial charge in [0.05, 0.1) is 12.0 Å². The highest BCUT2D eigenvalue weighted by Gasteiger charge is 2.36. The minimum Gasteiger partial charge on any atom is -0.454 e. The standard InChI is InChI=1S/C28H24N6O4S/c29-26-20(27(36)30-28-34(26)31-24(39-28)13-25(35)32-9-3-4-10-32)12-18-15-33(21-6-2-1-5-19(18)21)14-17-7-8-22-23(11-17)38-16-37-22/h1-2,5-8,11-12,15,29H,3-4,9-10,13-14,16H2/b20-12-,29-26?. The summed E-state index contributed by atoms with van der Waals surface area (Å²) in [4.78, 5) is 31.7. The summed E-state index contributed by atoms with van der Waals surface area (Å²) in [6.45, 7) is 2.36. The van der Waals surface area contributed by atoms with Crippen LogP contribution in [0.25, 0.3) is 17.0 Å². The van der Waals surface area contributed by atoms with Crippen LogP contribution >= 0.6 is 11.8 Å². The molecule has 0 bridgehead atoms. The average Bonchev–Trinajstić information content (AvgIpc) is 3.73. The first-order valence-electron chi connectivity index (χ1n) is 12.8. The lowest BCUT2D eigenvalue weighted by Crippen LogP contribution is -2.35. The smallest absolute Gasteiger partial charge is 0.283 e. The quantitative estimate of drug-likeness (QED) is 0.489. The lowest BCUT2D eigenvalue weighted by atomic mass is 10.1. The molecule has 5 heterocycles. The molecule has 1 aromatic heterocycles. The van der Waals surface area contributed by atoms with Gasteiger partial charge in [-0.3, -0.25) is 15.0 Å². The number of para-hydroxylation sites is 1. The molecule has 2 amide bonds. The fraction of sp³-hybridized carbons (Fsp3) is 0.250. The molecule has 0 radical (unpaired) electrons. The van der Waals surface area contributed by atoms with Crippen molar-refractivity contribution in [3.8, 4) is 11.5 Å². The molecular formula is C28H24N6O4S. The van der Waals surface area contributed by atoms with E-state index in [1.807, 2.05) is 53.6 Å². The van der Waals surface area contributed by atoms with Crippen LogP contribution in [0, 0.1) is 5.41 Å². The molecule has 0 saturated carbocycles. The summed E-state index contributed by atoms with van der Waals surface area (Å²) in [5.74, 6) is 0.944. The van der Waals surface area contributed by atoms with Crippen LogP contribution in [0.1, 0.15) is 30.4 Å². The van der Waals surface area contributed by atoms with E-state index in [9.17, 15) is 9.59 Å². The monoisotopic (exact) mass is 540 g/mol. The molecule has 4 aliphatic heterocycles. The molecular weight excluding hydrogens is 516 g/mol. The van der Waals surface area contributed by atoms with E-state index in [0.29, 0.717) is 16.8 Å². The summed E-state index contributed by atoms with van der Waals surface area (Å²) in [5, 5.41) is 16.4. The number of carbonyl (C=O) groups excluding carboxylic acids is 2. The number of rotatable bonds is 5. The van der Waals surface area contributed by atoms with Crippen molar-refractivity contribution in [3.63, 3.8) is 0 Å². The maximum absolute atomic E-state index is 13.0. The van der Waals surface area contributed by atoms with Gasteiger partial charge in [0.2, 0.25) is 17.9 Å². The summed E-state index contributed by atoms with van der Waals surface area (Å²) in [6.07, 6.45) is 5.87. The van der Waals surface area contributed by atoms with Crippen LogP contribution in [0.2, 0.25) is 0 Å². The molecule has 2 aromatic carbocycles. The van der Waals surface area contributed by atoms with Gasteiger partial charge in [0.25, 0.3) is 5.91 Å². The van der Waals surface area contributed by atoms with E-state index in [1.165, 1.54) is 16.8 Å². The number of hydrazone groups is 1. The van der Waals surface area contributed by atoms with Crippen molar-refractivity contribution >= 4 is 56.6 Å². The van der Waals surface area contributed by atoms with Gasteiger partial charge in [-0.05, 0) is 54.4 Å². The van der Waals surface area contributed by atoms with E-state index in [-0.39, 0.29) is 30.5 Å². The molecule has 1 saturated heterocycles. The number of ether oxygens (including phenoxy) is 2. The Morgan fingerprint density at radius 2 is 1.92 bits per heavy atom. The summed E-state index contributed by atoms with van der Waals surface area (Å²) in [7, 11) is 0. The Hall–Kier alpha value is -4.38. The first-order chi connectivity index (χ1) is 19.0. The third-order valence-electron chi connectivity index (χ3n) is 7.17. The lowest BCUT2D eigenvalue weighted by Gasteiger charge is -2.20. The van der Waals surface area contributed by atoms with Crippen molar-refractivity contribution in [2.24, 2.45) is 10.1 Å². The molecule has 0 aliphatic carbocycles. The zero-order chi connectivity index (χ0) is 26.5. The van der Waals surface area contributed by atoms with Crippen LogP contribution in [0.3, 0.4) is 0 Å². The molecule has 0 unspecified atom stereocenters. The summed E-state index contributed by atoms with van der Waals surface area (Å²) in [5.41, 5.74) is 3.01. The molecule has 1 N–H and O–H groups in total. The second kappa shape index (κ2) is 9.42. The molecule has 0 spiro atoms. The Kier molecular flexibility index (Phi) is 5.73. The maximum atomic E-state index is 13.0. The molecule has 10 nitrogen and oxygen atoms in total. The number of aliphatic imine (C=N–C) groups is 1. The first-order valence-corrected chi connectivity index (χ1v) is 13.6. The number of fused-ring (bicyclic) bond motifs is 3. The Balaban J connectivity index is 1.17. The number of amidine groups is 2. The van der Waals surface area contributed by atoms with Crippen LogP contribution in [-0.2, 0) is 16.1 Å². The Labute approximate surface area is 228 Å². The number of aromatic nitrogens is 1. The second-order valence-electron chi connectivity index (χ2n) is 9.70. The molecule has 1 fully saturated rings. The largest absolute Gasteiger partial charge is 0.454 e. The number of nitrogens with zero attached hydrogens (tertiary/aromatic N) is 5.